The fraction of sp³-hybridized carbons (Fsp3) is 0.375. The minimum atomic E-state index is 0.623. The van der Waals surface area contributed by atoms with Crippen LogP contribution in [0, 0.1) is 5.92 Å². The van der Waals surface area contributed by atoms with Gasteiger partial charge in [0.05, 0.1) is 0 Å². The standard InChI is InChI=1S/C16H22/c1-3-4-5-6-8-11-15(2)14-16-12-9-7-10-13-16/h4-5,7-13,15H,3,6,14H2,1-2H3/b5-4-,11-8-. The molecule has 0 aromatic heterocycles. The Hall–Kier alpha value is -1.30. The van der Waals surface area contributed by atoms with Crippen molar-refractivity contribution < 1.29 is 0 Å². The maximum Gasteiger partial charge on any atom is -0.0169 e. The van der Waals surface area contributed by atoms with Gasteiger partial charge in [0.1, 0.15) is 0 Å². The summed E-state index contributed by atoms with van der Waals surface area (Å²) in [6.07, 6.45) is 12.3. The van der Waals surface area contributed by atoms with Gasteiger partial charge in [-0.15, -0.1) is 0 Å². The van der Waals surface area contributed by atoms with E-state index < -0.39 is 0 Å². The zero-order valence-electron chi connectivity index (χ0n) is 10.4. The van der Waals surface area contributed by atoms with Gasteiger partial charge in [-0.1, -0.05) is 68.5 Å². The second kappa shape index (κ2) is 7.92. The number of hydrogen-bond acceptors (Lipinski definition) is 0. The Morgan fingerprint density at radius 3 is 2.50 bits per heavy atom. The fourth-order valence-electron chi connectivity index (χ4n) is 1.71. The molecule has 0 saturated heterocycles. The minimum Gasteiger partial charge on any atom is -0.0885 e. The largest absolute Gasteiger partial charge is 0.0885 e. The van der Waals surface area contributed by atoms with Gasteiger partial charge in [-0.2, -0.15) is 0 Å². The first-order valence-electron chi connectivity index (χ1n) is 6.18. The highest BCUT2D eigenvalue weighted by molar-refractivity contribution is 5.16. The van der Waals surface area contributed by atoms with E-state index in [4.69, 9.17) is 0 Å². The van der Waals surface area contributed by atoms with Crippen molar-refractivity contribution in [3.05, 3.63) is 60.2 Å². The number of rotatable bonds is 6. The third kappa shape index (κ3) is 5.55. The van der Waals surface area contributed by atoms with Crippen LogP contribution in [0.2, 0.25) is 0 Å². The van der Waals surface area contributed by atoms with E-state index in [1.165, 1.54) is 5.56 Å². The average molecular weight is 214 g/mol. The van der Waals surface area contributed by atoms with Gasteiger partial charge in [0.2, 0.25) is 0 Å². The molecule has 0 aliphatic carbocycles. The first kappa shape index (κ1) is 12.8. The average Bonchev–Trinajstić information content (AvgIpc) is 2.30. The highest BCUT2D eigenvalue weighted by Crippen LogP contribution is 2.09. The molecule has 0 bridgehead atoms. The molecule has 0 aliphatic heterocycles. The molecule has 1 atom stereocenters. The van der Waals surface area contributed by atoms with E-state index in [1.54, 1.807) is 0 Å². The summed E-state index contributed by atoms with van der Waals surface area (Å²) in [5, 5.41) is 0. The Labute approximate surface area is 99.7 Å². The molecular weight excluding hydrogens is 192 g/mol. The molecule has 16 heavy (non-hydrogen) atoms. The van der Waals surface area contributed by atoms with Gasteiger partial charge in [-0.3, -0.25) is 0 Å². The SMILES string of the molecule is CC/C=C\C/C=C\C(C)Cc1ccccc1. The normalized spacial score (nSPS) is 13.6. The molecule has 1 aromatic carbocycles. The molecule has 0 N–H and O–H groups in total. The molecule has 1 unspecified atom stereocenters. The molecule has 0 nitrogen and oxygen atoms in total. The molecule has 86 valence electrons. The molecule has 0 aliphatic rings. The van der Waals surface area contributed by atoms with E-state index in [2.05, 4.69) is 68.5 Å². The highest BCUT2D eigenvalue weighted by atomic mass is 14.0. The molecule has 0 heterocycles. The van der Waals surface area contributed by atoms with Crippen LogP contribution in [0.4, 0.5) is 0 Å². The van der Waals surface area contributed by atoms with E-state index in [0.717, 1.165) is 19.3 Å². The Morgan fingerprint density at radius 1 is 1.06 bits per heavy atom. The van der Waals surface area contributed by atoms with E-state index in [-0.39, 0.29) is 0 Å². The van der Waals surface area contributed by atoms with Crippen LogP contribution < -0.4 is 0 Å². The summed E-state index contributed by atoms with van der Waals surface area (Å²) in [6.45, 7) is 4.44. The van der Waals surface area contributed by atoms with Crippen LogP contribution in [0.5, 0.6) is 0 Å². The van der Waals surface area contributed by atoms with E-state index >= 15 is 0 Å². The monoisotopic (exact) mass is 214 g/mol. The second-order valence-electron chi connectivity index (χ2n) is 4.21. The third-order valence-corrected chi connectivity index (χ3v) is 2.54. The molecule has 0 heteroatoms. The van der Waals surface area contributed by atoms with Crippen molar-refractivity contribution in [1.82, 2.24) is 0 Å². The first-order valence-corrected chi connectivity index (χ1v) is 6.18. The van der Waals surface area contributed by atoms with E-state index in [0.29, 0.717) is 5.92 Å². The van der Waals surface area contributed by atoms with Crippen molar-refractivity contribution >= 4 is 0 Å². The van der Waals surface area contributed by atoms with Crippen LogP contribution in [-0.2, 0) is 6.42 Å². The Kier molecular flexibility index (Phi) is 6.32. The lowest BCUT2D eigenvalue weighted by Crippen LogP contribution is -1.95. The van der Waals surface area contributed by atoms with Crippen molar-refractivity contribution in [3.63, 3.8) is 0 Å². The molecular formula is C16H22. The molecule has 0 saturated carbocycles. The van der Waals surface area contributed by atoms with Crippen molar-refractivity contribution in [2.45, 2.75) is 33.1 Å². The molecule has 0 radical (unpaired) electrons. The second-order valence-corrected chi connectivity index (χ2v) is 4.21. The summed E-state index contributed by atoms with van der Waals surface area (Å²) in [5.74, 6) is 0.623. The summed E-state index contributed by atoms with van der Waals surface area (Å²) in [4.78, 5) is 0. The van der Waals surface area contributed by atoms with Gasteiger partial charge in [0.25, 0.3) is 0 Å². The highest BCUT2D eigenvalue weighted by Gasteiger charge is 1.97. The lowest BCUT2D eigenvalue weighted by Gasteiger charge is -2.05. The van der Waals surface area contributed by atoms with Gasteiger partial charge in [-0.25, -0.2) is 0 Å². The van der Waals surface area contributed by atoms with Gasteiger partial charge < -0.3 is 0 Å². The molecule has 1 aromatic rings. The van der Waals surface area contributed by atoms with Crippen molar-refractivity contribution in [2.24, 2.45) is 5.92 Å². The van der Waals surface area contributed by atoms with Crippen molar-refractivity contribution in [1.29, 1.82) is 0 Å². The fourth-order valence-corrected chi connectivity index (χ4v) is 1.71. The van der Waals surface area contributed by atoms with Gasteiger partial charge in [-0.05, 0) is 30.7 Å². The first-order chi connectivity index (χ1) is 7.83. The lowest BCUT2D eigenvalue weighted by molar-refractivity contribution is 0.721. The molecule has 1 rings (SSSR count). The van der Waals surface area contributed by atoms with Crippen LogP contribution in [0.25, 0.3) is 0 Å². The maximum absolute atomic E-state index is 2.31. The maximum atomic E-state index is 2.31. The third-order valence-electron chi connectivity index (χ3n) is 2.54. The number of benzene rings is 1. The van der Waals surface area contributed by atoms with Crippen LogP contribution >= 0.6 is 0 Å². The summed E-state index contributed by atoms with van der Waals surface area (Å²) >= 11 is 0. The number of hydrogen-bond donors (Lipinski definition) is 0. The quantitative estimate of drug-likeness (QED) is 0.598. The van der Waals surface area contributed by atoms with E-state index in [1.807, 2.05) is 0 Å². The van der Waals surface area contributed by atoms with Crippen molar-refractivity contribution in [3.8, 4) is 0 Å². The lowest BCUT2D eigenvalue weighted by atomic mass is 10.0. The smallest absolute Gasteiger partial charge is 0.0169 e. The molecule has 0 fully saturated rings. The summed E-state index contributed by atoms with van der Waals surface area (Å²) < 4.78 is 0. The molecule has 0 amide bonds. The van der Waals surface area contributed by atoms with Gasteiger partial charge in [0.15, 0.2) is 0 Å². The molecule has 0 spiro atoms. The zero-order valence-corrected chi connectivity index (χ0v) is 10.4. The van der Waals surface area contributed by atoms with E-state index in [9.17, 15) is 0 Å². The summed E-state index contributed by atoms with van der Waals surface area (Å²) in [7, 11) is 0. The Morgan fingerprint density at radius 2 is 1.81 bits per heavy atom. The van der Waals surface area contributed by atoms with Gasteiger partial charge in [0, 0.05) is 0 Å². The van der Waals surface area contributed by atoms with Crippen LogP contribution in [0.1, 0.15) is 32.3 Å². The summed E-state index contributed by atoms with van der Waals surface area (Å²) in [5.41, 5.74) is 1.42. The minimum absolute atomic E-state index is 0.623. The van der Waals surface area contributed by atoms with Crippen LogP contribution in [-0.4, -0.2) is 0 Å². The van der Waals surface area contributed by atoms with Crippen LogP contribution in [0.15, 0.2) is 54.6 Å². The van der Waals surface area contributed by atoms with Gasteiger partial charge >= 0.3 is 0 Å². The predicted molar refractivity (Wildman–Crippen MR) is 72.5 cm³/mol. The summed E-state index contributed by atoms with van der Waals surface area (Å²) in [6, 6.07) is 10.7. The predicted octanol–water partition coefficient (Wildman–Crippen LogP) is 4.78. The Balaban J connectivity index is 2.30. The van der Waals surface area contributed by atoms with Crippen LogP contribution in [0.3, 0.4) is 0 Å². The topological polar surface area (TPSA) is 0 Å². The number of allylic oxidation sites excluding steroid dienone is 4. The Bertz CT molecular complexity index is 319. The van der Waals surface area contributed by atoms with Crippen molar-refractivity contribution in [2.75, 3.05) is 0 Å². The zero-order chi connectivity index (χ0) is 11.6.